The molecule has 152 valence electrons. The summed E-state index contributed by atoms with van der Waals surface area (Å²) in [4.78, 5) is 39.3. The van der Waals surface area contributed by atoms with Crippen molar-refractivity contribution in [1.29, 1.82) is 0 Å². The molecule has 29 heavy (non-hydrogen) atoms. The largest absolute Gasteiger partial charge is 0.481 e. The summed E-state index contributed by atoms with van der Waals surface area (Å²) in [6.07, 6.45) is 7.33. The summed E-state index contributed by atoms with van der Waals surface area (Å²) >= 11 is 0. The number of hydrogen-bond donors (Lipinski definition) is 0. The van der Waals surface area contributed by atoms with Gasteiger partial charge in [-0.3, -0.25) is 14.5 Å². The number of imidazole rings is 1. The molecule has 0 unspecified atom stereocenters. The van der Waals surface area contributed by atoms with Crippen LogP contribution in [0.4, 0.5) is 5.82 Å². The Kier molecular flexibility index (Phi) is 4.29. The molecule has 2 amide bonds. The van der Waals surface area contributed by atoms with Crippen molar-refractivity contribution in [2.75, 3.05) is 18.6 Å². The molecule has 0 bridgehead atoms. The Morgan fingerprint density at radius 3 is 2.72 bits per heavy atom. The van der Waals surface area contributed by atoms with Gasteiger partial charge in [-0.05, 0) is 37.3 Å². The lowest BCUT2D eigenvalue weighted by Gasteiger charge is -2.41. The van der Waals surface area contributed by atoms with Gasteiger partial charge in [-0.15, -0.1) is 0 Å². The molecule has 2 aliphatic heterocycles. The van der Waals surface area contributed by atoms with E-state index in [2.05, 4.69) is 9.97 Å². The van der Waals surface area contributed by atoms with Crippen LogP contribution in [0.5, 0.6) is 5.88 Å². The lowest BCUT2D eigenvalue weighted by Crippen LogP contribution is -2.50. The molecule has 5 rings (SSSR count). The van der Waals surface area contributed by atoms with E-state index in [9.17, 15) is 9.59 Å². The van der Waals surface area contributed by atoms with Gasteiger partial charge < -0.3 is 14.2 Å². The first-order valence-electron chi connectivity index (χ1n) is 10.2. The third-order valence-electron chi connectivity index (χ3n) is 6.28. The second-order valence-corrected chi connectivity index (χ2v) is 8.09. The molecule has 0 aromatic carbocycles. The number of ether oxygens (including phenoxy) is 1. The molecule has 0 N–H and O–H groups in total. The third kappa shape index (κ3) is 2.97. The molecule has 2 aromatic heterocycles. The van der Waals surface area contributed by atoms with Crippen molar-refractivity contribution in [2.45, 2.75) is 44.2 Å². The lowest BCUT2D eigenvalue weighted by molar-refractivity contribution is -0.143. The summed E-state index contributed by atoms with van der Waals surface area (Å²) < 4.78 is 7.19. The highest BCUT2D eigenvalue weighted by Gasteiger charge is 2.49. The Morgan fingerprint density at radius 1 is 1.21 bits per heavy atom. The van der Waals surface area contributed by atoms with Gasteiger partial charge in [-0.25, -0.2) is 4.98 Å². The van der Waals surface area contributed by atoms with Crippen LogP contribution >= 0.6 is 0 Å². The maximum Gasteiger partial charge on any atom is 0.233 e. The van der Waals surface area contributed by atoms with Crippen LogP contribution in [0.25, 0.3) is 0 Å². The maximum absolute atomic E-state index is 13.7. The number of amides is 2. The van der Waals surface area contributed by atoms with Gasteiger partial charge >= 0.3 is 0 Å². The number of rotatable bonds is 4. The van der Waals surface area contributed by atoms with Crippen molar-refractivity contribution >= 4 is 17.6 Å². The Labute approximate surface area is 169 Å². The number of aryl methyl sites for hydroxylation is 1. The van der Waals surface area contributed by atoms with E-state index in [1.807, 2.05) is 34.8 Å². The van der Waals surface area contributed by atoms with Gasteiger partial charge in [0.2, 0.25) is 17.7 Å². The number of methoxy groups -OCH3 is 1. The molecular formula is C21H25N5O3. The van der Waals surface area contributed by atoms with E-state index < -0.39 is 0 Å². The number of anilines is 1. The Bertz CT molecular complexity index is 967. The standard InChI is InChI=1S/C21H25N5O3/c1-24-12-10-22-20(24)18-15(6-8-17(27)26(18)14-4-5-14)21(28)25-11-9-13-3-7-16(29-2)23-19(13)25/h3,7,10,12,14-15,18H,4-6,8-9,11H2,1-2H3/t15-,18-/m0/s1. The minimum atomic E-state index is -0.328. The summed E-state index contributed by atoms with van der Waals surface area (Å²) in [5.41, 5.74) is 1.05. The zero-order chi connectivity index (χ0) is 20.1. The number of hydrogen-bond acceptors (Lipinski definition) is 5. The lowest BCUT2D eigenvalue weighted by atomic mass is 9.86. The highest BCUT2D eigenvalue weighted by Crippen LogP contribution is 2.44. The van der Waals surface area contributed by atoms with Crippen LogP contribution in [-0.4, -0.2) is 50.9 Å². The van der Waals surface area contributed by atoms with E-state index in [0.717, 1.165) is 30.7 Å². The average molecular weight is 395 g/mol. The summed E-state index contributed by atoms with van der Waals surface area (Å²) in [7, 11) is 3.50. The summed E-state index contributed by atoms with van der Waals surface area (Å²) in [6.45, 7) is 0.607. The molecule has 4 heterocycles. The van der Waals surface area contributed by atoms with E-state index in [0.29, 0.717) is 31.1 Å². The van der Waals surface area contributed by atoms with Crippen molar-refractivity contribution in [1.82, 2.24) is 19.4 Å². The van der Waals surface area contributed by atoms with E-state index in [4.69, 9.17) is 4.74 Å². The van der Waals surface area contributed by atoms with Gasteiger partial charge in [-0.2, -0.15) is 4.98 Å². The third-order valence-corrected chi connectivity index (χ3v) is 6.28. The molecule has 2 fully saturated rings. The van der Waals surface area contributed by atoms with Crippen LogP contribution in [-0.2, 0) is 23.1 Å². The van der Waals surface area contributed by atoms with Gasteiger partial charge in [0.05, 0.1) is 13.0 Å². The fraction of sp³-hybridized carbons (Fsp3) is 0.524. The van der Waals surface area contributed by atoms with Crippen molar-refractivity contribution in [3.05, 3.63) is 35.9 Å². The second kappa shape index (κ2) is 6.86. The van der Waals surface area contributed by atoms with Crippen LogP contribution < -0.4 is 9.64 Å². The predicted molar refractivity (Wildman–Crippen MR) is 105 cm³/mol. The highest BCUT2D eigenvalue weighted by molar-refractivity contribution is 5.97. The minimum absolute atomic E-state index is 0.0238. The van der Waals surface area contributed by atoms with Crippen LogP contribution in [0.15, 0.2) is 24.5 Å². The fourth-order valence-corrected chi connectivity index (χ4v) is 4.68. The molecule has 0 spiro atoms. The summed E-state index contributed by atoms with van der Waals surface area (Å²) in [5, 5.41) is 0. The zero-order valence-corrected chi connectivity index (χ0v) is 16.7. The number of carbonyl (C=O) groups is 2. The second-order valence-electron chi connectivity index (χ2n) is 8.09. The van der Waals surface area contributed by atoms with E-state index in [-0.39, 0.29) is 29.8 Å². The fourth-order valence-electron chi connectivity index (χ4n) is 4.68. The number of nitrogens with zero attached hydrogens (tertiary/aromatic N) is 5. The first-order valence-corrected chi connectivity index (χ1v) is 10.2. The molecule has 3 aliphatic rings. The monoisotopic (exact) mass is 395 g/mol. The quantitative estimate of drug-likeness (QED) is 0.789. The van der Waals surface area contributed by atoms with Crippen LogP contribution in [0, 0.1) is 5.92 Å². The normalized spacial score (nSPS) is 24.0. The van der Waals surface area contributed by atoms with Gasteiger partial charge in [-0.1, -0.05) is 0 Å². The van der Waals surface area contributed by atoms with Crippen LogP contribution in [0.3, 0.4) is 0 Å². The zero-order valence-electron chi connectivity index (χ0n) is 16.7. The Hall–Kier alpha value is -2.90. The number of piperidine rings is 1. The number of carbonyl (C=O) groups excluding carboxylic acids is 2. The first kappa shape index (κ1) is 18.1. The average Bonchev–Trinajstić information content (AvgIpc) is 3.33. The first-order chi connectivity index (χ1) is 14.1. The van der Waals surface area contributed by atoms with Crippen molar-refractivity contribution in [3.63, 3.8) is 0 Å². The van der Waals surface area contributed by atoms with Gasteiger partial charge in [0, 0.05) is 44.5 Å². The van der Waals surface area contributed by atoms with E-state index >= 15 is 0 Å². The molecule has 1 saturated carbocycles. The predicted octanol–water partition coefficient (Wildman–Crippen LogP) is 1.86. The number of fused-ring (bicyclic) bond motifs is 1. The Balaban J connectivity index is 1.52. The molecule has 1 aliphatic carbocycles. The van der Waals surface area contributed by atoms with Gasteiger partial charge in [0.15, 0.2) is 0 Å². The molecular weight excluding hydrogens is 370 g/mol. The molecule has 2 atom stereocenters. The molecule has 1 saturated heterocycles. The van der Waals surface area contributed by atoms with E-state index in [1.165, 1.54) is 0 Å². The van der Waals surface area contributed by atoms with Crippen molar-refractivity contribution in [2.24, 2.45) is 13.0 Å². The molecule has 8 nitrogen and oxygen atoms in total. The van der Waals surface area contributed by atoms with E-state index in [1.54, 1.807) is 18.2 Å². The smallest absolute Gasteiger partial charge is 0.233 e. The van der Waals surface area contributed by atoms with Gasteiger partial charge in [0.1, 0.15) is 17.7 Å². The molecule has 2 aromatic rings. The SMILES string of the molecule is COc1ccc2c(n1)N(C(=O)[C@H]1CCC(=O)N(C3CC3)[C@@H]1c1nccn1C)CC2. The number of aromatic nitrogens is 3. The number of likely N-dealkylation sites (tertiary alicyclic amines) is 1. The number of pyridine rings is 1. The van der Waals surface area contributed by atoms with Crippen molar-refractivity contribution in [3.8, 4) is 5.88 Å². The maximum atomic E-state index is 13.7. The highest BCUT2D eigenvalue weighted by atomic mass is 16.5. The minimum Gasteiger partial charge on any atom is -0.481 e. The van der Waals surface area contributed by atoms with Crippen LogP contribution in [0.2, 0.25) is 0 Å². The van der Waals surface area contributed by atoms with Crippen LogP contribution in [0.1, 0.15) is 43.1 Å². The Morgan fingerprint density at radius 2 is 2.03 bits per heavy atom. The van der Waals surface area contributed by atoms with Gasteiger partial charge in [0.25, 0.3) is 0 Å². The summed E-state index contributed by atoms with van der Waals surface area (Å²) in [6, 6.07) is 3.71. The topological polar surface area (TPSA) is 80.6 Å². The molecule has 8 heteroatoms. The summed E-state index contributed by atoms with van der Waals surface area (Å²) in [5.74, 6) is 1.79. The molecule has 0 radical (unpaired) electrons. The van der Waals surface area contributed by atoms with Crippen molar-refractivity contribution < 1.29 is 14.3 Å².